The molecule has 1 atom stereocenters. The molecule has 0 aliphatic heterocycles. The number of halogens is 1. The number of rotatable bonds is 6. The van der Waals surface area contributed by atoms with Gasteiger partial charge in [-0.2, -0.15) is 0 Å². The molecule has 1 amide bonds. The minimum Gasteiger partial charge on any atom is -0.368 e. The normalized spacial score (nSPS) is 12.1. The van der Waals surface area contributed by atoms with Crippen LogP contribution in [0.3, 0.4) is 0 Å². The van der Waals surface area contributed by atoms with E-state index < -0.39 is 16.9 Å². The van der Waals surface area contributed by atoms with E-state index in [1.165, 1.54) is 12.1 Å². The number of nitro groups is 1. The van der Waals surface area contributed by atoms with Crippen LogP contribution < -0.4 is 5.73 Å². The molecule has 0 unspecified atom stereocenters. The van der Waals surface area contributed by atoms with Crippen molar-refractivity contribution >= 4 is 27.5 Å². The van der Waals surface area contributed by atoms with E-state index in [9.17, 15) is 14.9 Å². The van der Waals surface area contributed by atoms with Crippen LogP contribution in [0.4, 0.5) is 5.69 Å². The first-order chi connectivity index (χ1) is 10.9. The number of likely N-dealkylation sites (N-methyl/N-ethyl adjacent to an activating group) is 1. The largest absolute Gasteiger partial charge is 0.368 e. The van der Waals surface area contributed by atoms with E-state index in [1.54, 1.807) is 24.1 Å². The van der Waals surface area contributed by atoms with E-state index in [4.69, 9.17) is 5.73 Å². The Kier molecular flexibility index (Phi) is 5.46. The van der Waals surface area contributed by atoms with E-state index in [1.807, 2.05) is 24.3 Å². The quantitative estimate of drug-likeness (QED) is 0.618. The van der Waals surface area contributed by atoms with Gasteiger partial charge in [0.25, 0.3) is 5.69 Å². The minimum absolute atomic E-state index is 0.0222. The lowest BCUT2D eigenvalue weighted by Crippen LogP contribution is -2.35. The van der Waals surface area contributed by atoms with Crippen LogP contribution in [-0.2, 0) is 11.3 Å². The number of hydrogen-bond donors (Lipinski definition) is 1. The SMILES string of the molecule is CN(Cc1cccc([N+](=O)[O-])c1)[C@@H](C(N)=O)c1cccc(Br)c1. The topological polar surface area (TPSA) is 89.5 Å². The third kappa shape index (κ3) is 4.37. The van der Waals surface area contributed by atoms with Crippen LogP contribution in [0, 0.1) is 10.1 Å². The van der Waals surface area contributed by atoms with Gasteiger partial charge in [0.2, 0.25) is 5.91 Å². The second kappa shape index (κ2) is 7.34. The van der Waals surface area contributed by atoms with Gasteiger partial charge in [-0.1, -0.05) is 40.2 Å². The fourth-order valence-corrected chi connectivity index (χ4v) is 2.88. The van der Waals surface area contributed by atoms with Crippen molar-refractivity contribution in [3.8, 4) is 0 Å². The standard InChI is InChI=1S/C16H16BrN3O3/c1-19(10-11-4-2-7-14(8-11)20(22)23)15(16(18)21)12-5-3-6-13(17)9-12/h2-9,15H,10H2,1H3,(H2,18,21)/t15-/m1/s1. The molecule has 0 aromatic heterocycles. The molecule has 0 radical (unpaired) electrons. The van der Waals surface area contributed by atoms with Crippen molar-refractivity contribution in [1.82, 2.24) is 4.90 Å². The lowest BCUT2D eigenvalue weighted by Gasteiger charge is -2.26. The number of hydrogen-bond acceptors (Lipinski definition) is 4. The summed E-state index contributed by atoms with van der Waals surface area (Å²) in [6.07, 6.45) is 0. The summed E-state index contributed by atoms with van der Waals surface area (Å²) in [5, 5.41) is 10.9. The first-order valence-corrected chi connectivity index (χ1v) is 7.66. The van der Waals surface area contributed by atoms with Crippen molar-refractivity contribution in [3.63, 3.8) is 0 Å². The Balaban J connectivity index is 2.25. The van der Waals surface area contributed by atoms with Crippen LogP contribution in [0.25, 0.3) is 0 Å². The Hall–Kier alpha value is -2.25. The molecular weight excluding hydrogens is 362 g/mol. The van der Waals surface area contributed by atoms with E-state index in [-0.39, 0.29) is 5.69 Å². The summed E-state index contributed by atoms with van der Waals surface area (Å²) in [7, 11) is 1.76. The van der Waals surface area contributed by atoms with Crippen LogP contribution in [0.2, 0.25) is 0 Å². The highest BCUT2D eigenvalue weighted by molar-refractivity contribution is 9.10. The van der Waals surface area contributed by atoms with Crippen LogP contribution in [0.5, 0.6) is 0 Å². The van der Waals surface area contributed by atoms with Crippen molar-refractivity contribution < 1.29 is 9.72 Å². The predicted molar refractivity (Wildman–Crippen MR) is 90.6 cm³/mol. The number of primary amides is 1. The monoisotopic (exact) mass is 377 g/mol. The van der Waals surface area contributed by atoms with Crippen LogP contribution in [0.15, 0.2) is 53.0 Å². The summed E-state index contributed by atoms with van der Waals surface area (Å²) in [6, 6.07) is 13.1. The molecule has 7 heteroatoms. The van der Waals surface area contributed by atoms with Crippen molar-refractivity contribution in [2.75, 3.05) is 7.05 Å². The first-order valence-electron chi connectivity index (χ1n) is 6.87. The Labute approximate surface area is 142 Å². The van der Waals surface area contributed by atoms with Gasteiger partial charge in [0.1, 0.15) is 6.04 Å². The zero-order chi connectivity index (χ0) is 17.0. The van der Waals surface area contributed by atoms with Gasteiger partial charge in [-0.25, -0.2) is 0 Å². The molecule has 2 aromatic carbocycles. The molecule has 2 rings (SSSR count). The summed E-state index contributed by atoms with van der Waals surface area (Å²) < 4.78 is 0.852. The highest BCUT2D eigenvalue weighted by Gasteiger charge is 2.23. The fraction of sp³-hybridized carbons (Fsp3) is 0.188. The highest BCUT2D eigenvalue weighted by atomic mass is 79.9. The van der Waals surface area contributed by atoms with Gasteiger partial charge in [0, 0.05) is 23.2 Å². The third-order valence-corrected chi connectivity index (χ3v) is 3.92. The Morgan fingerprint density at radius 2 is 2.00 bits per heavy atom. The summed E-state index contributed by atoms with van der Waals surface area (Å²) >= 11 is 3.38. The molecule has 0 saturated heterocycles. The second-order valence-electron chi connectivity index (χ2n) is 5.20. The first kappa shape index (κ1) is 17.1. The zero-order valence-electron chi connectivity index (χ0n) is 12.5. The molecule has 23 heavy (non-hydrogen) atoms. The van der Waals surface area contributed by atoms with Gasteiger partial charge in [-0.15, -0.1) is 0 Å². The molecular formula is C16H16BrN3O3. The molecule has 0 aliphatic carbocycles. The molecule has 2 aromatic rings. The van der Waals surface area contributed by atoms with Crippen LogP contribution in [-0.4, -0.2) is 22.8 Å². The van der Waals surface area contributed by atoms with E-state index in [0.29, 0.717) is 6.54 Å². The molecule has 0 saturated carbocycles. The number of carbonyl (C=O) groups is 1. The summed E-state index contributed by atoms with van der Waals surface area (Å²) in [5.41, 5.74) is 7.07. The Morgan fingerprint density at radius 3 is 2.61 bits per heavy atom. The lowest BCUT2D eigenvalue weighted by molar-refractivity contribution is -0.384. The summed E-state index contributed by atoms with van der Waals surface area (Å²) in [4.78, 5) is 24.1. The van der Waals surface area contributed by atoms with Gasteiger partial charge < -0.3 is 5.73 Å². The molecule has 120 valence electrons. The lowest BCUT2D eigenvalue weighted by atomic mass is 10.0. The van der Waals surface area contributed by atoms with Crippen LogP contribution in [0.1, 0.15) is 17.2 Å². The molecule has 6 nitrogen and oxygen atoms in total. The van der Waals surface area contributed by atoms with Crippen molar-refractivity contribution in [3.05, 3.63) is 74.2 Å². The smallest absolute Gasteiger partial charge is 0.269 e. The van der Waals surface area contributed by atoms with E-state index >= 15 is 0 Å². The average molecular weight is 378 g/mol. The number of nitro benzene ring substituents is 1. The molecule has 0 fully saturated rings. The minimum atomic E-state index is -0.619. The molecule has 2 N–H and O–H groups in total. The number of nitrogens with zero attached hydrogens (tertiary/aromatic N) is 2. The average Bonchev–Trinajstić information content (AvgIpc) is 2.47. The maximum Gasteiger partial charge on any atom is 0.269 e. The number of amides is 1. The summed E-state index contributed by atoms with van der Waals surface area (Å²) in [6.45, 7) is 0.363. The highest BCUT2D eigenvalue weighted by Crippen LogP contribution is 2.24. The second-order valence-corrected chi connectivity index (χ2v) is 6.12. The van der Waals surface area contributed by atoms with E-state index in [2.05, 4.69) is 15.9 Å². The predicted octanol–water partition coefficient (Wildman–Crippen LogP) is 3.02. The van der Waals surface area contributed by atoms with Crippen molar-refractivity contribution in [2.45, 2.75) is 12.6 Å². The number of benzene rings is 2. The van der Waals surface area contributed by atoms with Crippen LogP contribution >= 0.6 is 15.9 Å². The number of non-ortho nitro benzene ring substituents is 1. The van der Waals surface area contributed by atoms with E-state index in [0.717, 1.165) is 15.6 Å². The van der Waals surface area contributed by atoms with Gasteiger partial charge in [0.05, 0.1) is 4.92 Å². The molecule has 0 spiro atoms. The maximum absolute atomic E-state index is 11.9. The summed E-state index contributed by atoms with van der Waals surface area (Å²) in [5.74, 6) is -0.476. The van der Waals surface area contributed by atoms with Crippen molar-refractivity contribution in [2.24, 2.45) is 5.73 Å². The zero-order valence-corrected chi connectivity index (χ0v) is 14.1. The Bertz CT molecular complexity index is 736. The van der Waals surface area contributed by atoms with Gasteiger partial charge in [-0.05, 0) is 30.3 Å². The maximum atomic E-state index is 11.9. The van der Waals surface area contributed by atoms with Crippen molar-refractivity contribution in [1.29, 1.82) is 0 Å². The number of carbonyl (C=O) groups excluding carboxylic acids is 1. The Morgan fingerprint density at radius 1 is 1.30 bits per heavy atom. The molecule has 0 aliphatic rings. The number of nitrogens with two attached hydrogens (primary N) is 1. The van der Waals surface area contributed by atoms with Gasteiger partial charge in [0.15, 0.2) is 0 Å². The van der Waals surface area contributed by atoms with Gasteiger partial charge >= 0.3 is 0 Å². The molecule has 0 bridgehead atoms. The third-order valence-electron chi connectivity index (χ3n) is 3.43. The molecule has 0 heterocycles. The fourth-order valence-electron chi connectivity index (χ4n) is 2.46. The van der Waals surface area contributed by atoms with Gasteiger partial charge in [-0.3, -0.25) is 19.8 Å².